The van der Waals surface area contributed by atoms with E-state index in [1.807, 2.05) is 26.0 Å². The third-order valence-corrected chi connectivity index (χ3v) is 5.55. The van der Waals surface area contributed by atoms with Crippen LogP contribution in [0, 0.1) is 0 Å². The Morgan fingerprint density at radius 2 is 1.90 bits per heavy atom. The highest BCUT2D eigenvalue weighted by molar-refractivity contribution is 7.89. The van der Waals surface area contributed by atoms with Crippen molar-refractivity contribution in [2.75, 3.05) is 13.6 Å². The lowest BCUT2D eigenvalue weighted by atomic mass is 10.0. The van der Waals surface area contributed by atoms with Gasteiger partial charge in [-0.05, 0) is 44.5 Å². The summed E-state index contributed by atoms with van der Waals surface area (Å²) in [5, 5.41) is 3.37. The minimum Gasteiger partial charge on any atom is -0.310 e. The van der Waals surface area contributed by atoms with Crippen LogP contribution in [0.5, 0.6) is 0 Å². The molecular formula is C15H26N2O2S. The van der Waals surface area contributed by atoms with Gasteiger partial charge in [0, 0.05) is 19.1 Å². The number of sulfonamides is 1. The largest absolute Gasteiger partial charge is 0.310 e. The van der Waals surface area contributed by atoms with E-state index < -0.39 is 10.0 Å². The van der Waals surface area contributed by atoms with Gasteiger partial charge in [-0.3, -0.25) is 0 Å². The molecule has 20 heavy (non-hydrogen) atoms. The van der Waals surface area contributed by atoms with E-state index in [4.69, 9.17) is 0 Å². The summed E-state index contributed by atoms with van der Waals surface area (Å²) in [5.41, 5.74) is 1.02. The summed E-state index contributed by atoms with van der Waals surface area (Å²) < 4.78 is 26.4. The van der Waals surface area contributed by atoms with Gasteiger partial charge in [0.25, 0.3) is 0 Å². The Morgan fingerprint density at radius 1 is 1.25 bits per heavy atom. The van der Waals surface area contributed by atoms with Gasteiger partial charge in [0.2, 0.25) is 10.0 Å². The molecule has 1 unspecified atom stereocenters. The van der Waals surface area contributed by atoms with Crippen LogP contribution in [-0.4, -0.2) is 32.4 Å². The number of nitrogens with one attached hydrogen (secondary N) is 1. The van der Waals surface area contributed by atoms with Gasteiger partial charge in [0.05, 0.1) is 4.90 Å². The third kappa shape index (κ3) is 3.81. The van der Waals surface area contributed by atoms with Gasteiger partial charge in [-0.1, -0.05) is 26.0 Å². The van der Waals surface area contributed by atoms with Crippen LogP contribution in [0.25, 0.3) is 0 Å². The molecule has 114 valence electrons. The molecule has 0 amide bonds. The predicted octanol–water partition coefficient (Wildman–Crippen LogP) is 2.78. The van der Waals surface area contributed by atoms with Gasteiger partial charge in [0.1, 0.15) is 0 Å². The summed E-state index contributed by atoms with van der Waals surface area (Å²) in [7, 11) is -1.79. The number of benzene rings is 1. The molecule has 0 fully saturated rings. The number of hydrogen-bond acceptors (Lipinski definition) is 3. The van der Waals surface area contributed by atoms with Gasteiger partial charge >= 0.3 is 0 Å². The fourth-order valence-corrected chi connectivity index (χ4v) is 3.50. The van der Waals surface area contributed by atoms with Crippen molar-refractivity contribution in [3.63, 3.8) is 0 Å². The molecule has 1 rings (SSSR count). The monoisotopic (exact) mass is 298 g/mol. The second-order valence-corrected chi connectivity index (χ2v) is 7.20. The summed E-state index contributed by atoms with van der Waals surface area (Å²) in [4.78, 5) is 0.363. The van der Waals surface area contributed by atoms with E-state index in [2.05, 4.69) is 19.2 Å². The zero-order chi connectivity index (χ0) is 15.3. The number of rotatable bonds is 7. The van der Waals surface area contributed by atoms with Crippen LogP contribution in [0.2, 0.25) is 0 Å². The Labute approximate surface area is 123 Å². The van der Waals surface area contributed by atoms with Gasteiger partial charge in [0.15, 0.2) is 0 Å². The molecule has 0 heterocycles. The van der Waals surface area contributed by atoms with Crippen LogP contribution in [-0.2, 0) is 10.0 Å². The molecule has 1 atom stereocenters. The van der Waals surface area contributed by atoms with Gasteiger partial charge in [-0.25, -0.2) is 8.42 Å². The van der Waals surface area contributed by atoms with Gasteiger partial charge in [-0.15, -0.1) is 0 Å². The SMILES string of the molecule is CCNC(CC)c1cccc(S(=O)(=O)N(C)C(C)C)c1. The Kier molecular flexibility index (Phi) is 6.17. The normalized spacial score (nSPS) is 13.9. The van der Waals surface area contributed by atoms with E-state index in [1.165, 1.54) is 4.31 Å². The van der Waals surface area contributed by atoms with Crippen molar-refractivity contribution >= 4 is 10.0 Å². The lowest BCUT2D eigenvalue weighted by Crippen LogP contribution is -2.33. The maximum Gasteiger partial charge on any atom is 0.243 e. The number of nitrogens with zero attached hydrogens (tertiary/aromatic N) is 1. The first-order valence-electron chi connectivity index (χ1n) is 7.15. The average molecular weight is 298 g/mol. The van der Waals surface area contributed by atoms with Crippen LogP contribution in [0.4, 0.5) is 0 Å². The maximum atomic E-state index is 12.5. The quantitative estimate of drug-likeness (QED) is 0.842. The molecule has 0 saturated carbocycles. The molecule has 1 aromatic rings. The second kappa shape index (κ2) is 7.20. The Hall–Kier alpha value is -0.910. The summed E-state index contributed by atoms with van der Waals surface area (Å²) in [5.74, 6) is 0. The van der Waals surface area contributed by atoms with Crippen molar-refractivity contribution in [1.29, 1.82) is 0 Å². The van der Waals surface area contributed by atoms with E-state index >= 15 is 0 Å². The molecule has 0 aliphatic rings. The molecule has 1 N–H and O–H groups in total. The van der Waals surface area contributed by atoms with Crippen LogP contribution in [0.15, 0.2) is 29.2 Å². The molecule has 0 aromatic heterocycles. The predicted molar refractivity (Wildman–Crippen MR) is 83.2 cm³/mol. The summed E-state index contributed by atoms with van der Waals surface area (Å²) in [6.07, 6.45) is 0.928. The molecular weight excluding hydrogens is 272 g/mol. The maximum absolute atomic E-state index is 12.5. The molecule has 0 radical (unpaired) electrons. The molecule has 0 aliphatic carbocycles. The second-order valence-electron chi connectivity index (χ2n) is 5.21. The first-order chi connectivity index (χ1) is 9.34. The average Bonchev–Trinajstić information content (AvgIpc) is 2.43. The van der Waals surface area contributed by atoms with Crippen LogP contribution >= 0.6 is 0 Å². The third-order valence-electron chi connectivity index (χ3n) is 3.52. The van der Waals surface area contributed by atoms with Crippen molar-refractivity contribution in [3.8, 4) is 0 Å². The minimum atomic E-state index is -3.41. The van der Waals surface area contributed by atoms with Gasteiger partial charge < -0.3 is 5.32 Å². The first-order valence-corrected chi connectivity index (χ1v) is 8.59. The highest BCUT2D eigenvalue weighted by Gasteiger charge is 2.23. The summed E-state index contributed by atoms with van der Waals surface area (Å²) in [6.45, 7) is 8.75. The highest BCUT2D eigenvalue weighted by Crippen LogP contribution is 2.22. The fourth-order valence-electron chi connectivity index (χ4n) is 2.08. The standard InChI is InChI=1S/C15H26N2O2S/c1-6-15(16-7-2)13-9-8-10-14(11-13)20(18,19)17(5)12(3)4/h8-12,15-16H,6-7H2,1-5H3. The molecule has 0 aliphatic heterocycles. The molecule has 0 saturated heterocycles. The minimum absolute atomic E-state index is 0.0561. The van der Waals surface area contributed by atoms with E-state index in [0.29, 0.717) is 4.90 Å². The van der Waals surface area contributed by atoms with Crippen molar-refractivity contribution in [2.45, 2.75) is 51.1 Å². The van der Waals surface area contributed by atoms with Crippen molar-refractivity contribution < 1.29 is 8.42 Å². The molecule has 4 nitrogen and oxygen atoms in total. The Balaban J connectivity index is 3.16. The molecule has 1 aromatic carbocycles. The van der Waals surface area contributed by atoms with E-state index in [0.717, 1.165) is 18.5 Å². The zero-order valence-electron chi connectivity index (χ0n) is 13.1. The highest BCUT2D eigenvalue weighted by atomic mass is 32.2. The van der Waals surface area contributed by atoms with Crippen LogP contribution < -0.4 is 5.32 Å². The smallest absolute Gasteiger partial charge is 0.243 e. The van der Waals surface area contributed by atoms with Crippen molar-refractivity contribution in [1.82, 2.24) is 9.62 Å². The molecule has 5 heteroatoms. The fraction of sp³-hybridized carbons (Fsp3) is 0.600. The van der Waals surface area contributed by atoms with E-state index in [-0.39, 0.29) is 12.1 Å². The number of hydrogen-bond donors (Lipinski definition) is 1. The summed E-state index contributed by atoms with van der Waals surface area (Å²) in [6, 6.07) is 7.38. The lowest BCUT2D eigenvalue weighted by Gasteiger charge is -2.22. The topological polar surface area (TPSA) is 49.4 Å². The first kappa shape index (κ1) is 17.1. The summed E-state index contributed by atoms with van der Waals surface area (Å²) >= 11 is 0. The van der Waals surface area contributed by atoms with E-state index in [9.17, 15) is 8.42 Å². The lowest BCUT2D eigenvalue weighted by molar-refractivity contribution is 0.410. The Morgan fingerprint density at radius 3 is 2.40 bits per heavy atom. The molecule has 0 spiro atoms. The van der Waals surface area contributed by atoms with Gasteiger partial charge in [-0.2, -0.15) is 4.31 Å². The van der Waals surface area contributed by atoms with Crippen molar-refractivity contribution in [3.05, 3.63) is 29.8 Å². The van der Waals surface area contributed by atoms with Crippen LogP contribution in [0.3, 0.4) is 0 Å². The van der Waals surface area contributed by atoms with Crippen LogP contribution in [0.1, 0.15) is 45.7 Å². The van der Waals surface area contributed by atoms with Crippen molar-refractivity contribution in [2.24, 2.45) is 0 Å². The van der Waals surface area contributed by atoms with E-state index in [1.54, 1.807) is 19.2 Å². The molecule has 0 bridgehead atoms. The Bertz CT molecular complexity index is 526. The zero-order valence-corrected chi connectivity index (χ0v) is 13.9.